The van der Waals surface area contributed by atoms with Gasteiger partial charge in [-0.3, -0.25) is 9.69 Å². The van der Waals surface area contributed by atoms with Crippen LogP contribution in [0.4, 0.5) is 8.78 Å². The van der Waals surface area contributed by atoms with Crippen molar-refractivity contribution in [2.45, 2.75) is 25.3 Å². The van der Waals surface area contributed by atoms with Crippen LogP contribution in [0.25, 0.3) is 0 Å². The third kappa shape index (κ3) is 4.97. The second-order valence-corrected chi connectivity index (χ2v) is 5.26. The number of likely N-dealkylation sites (tertiary alicyclic amines) is 1. The number of hydrogen-bond acceptors (Lipinski definition) is 3. The topological polar surface area (TPSA) is 41.6 Å². The molecular formula is C15H20F2N2O2. The molecule has 0 bridgehead atoms. The number of nitrogens with one attached hydrogen (secondary N) is 1. The second kappa shape index (κ2) is 6.85. The molecule has 4 nitrogen and oxygen atoms in total. The highest BCUT2D eigenvalue weighted by molar-refractivity contribution is 5.78. The number of halogens is 2. The smallest absolute Gasteiger partial charge is 0.250 e. The molecule has 0 saturated carbocycles. The van der Waals surface area contributed by atoms with Crippen LogP contribution in [0.5, 0.6) is 5.75 Å². The van der Waals surface area contributed by atoms with Gasteiger partial charge in [0.1, 0.15) is 5.75 Å². The number of amides is 1. The van der Waals surface area contributed by atoms with Gasteiger partial charge in [-0.2, -0.15) is 0 Å². The third-order valence-electron chi connectivity index (χ3n) is 3.58. The molecule has 6 heteroatoms. The van der Waals surface area contributed by atoms with Gasteiger partial charge in [-0.1, -0.05) is 12.1 Å². The van der Waals surface area contributed by atoms with Gasteiger partial charge in [0.2, 0.25) is 5.91 Å². The van der Waals surface area contributed by atoms with Crippen molar-refractivity contribution < 1.29 is 18.3 Å². The predicted molar refractivity (Wildman–Crippen MR) is 75.5 cm³/mol. The van der Waals surface area contributed by atoms with Crippen molar-refractivity contribution in [3.05, 3.63) is 29.8 Å². The largest absolute Gasteiger partial charge is 0.497 e. The van der Waals surface area contributed by atoms with Crippen molar-refractivity contribution in [3.8, 4) is 5.75 Å². The van der Waals surface area contributed by atoms with E-state index in [9.17, 15) is 13.6 Å². The van der Waals surface area contributed by atoms with E-state index in [-0.39, 0.29) is 38.4 Å². The highest BCUT2D eigenvalue weighted by atomic mass is 19.3. The van der Waals surface area contributed by atoms with Crippen molar-refractivity contribution in [3.63, 3.8) is 0 Å². The molecule has 1 aliphatic heterocycles. The number of piperidine rings is 1. The average Bonchev–Trinajstić information content (AvgIpc) is 2.48. The molecule has 0 radical (unpaired) electrons. The normalized spacial score (nSPS) is 18.2. The minimum absolute atomic E-state index is 0.150. The van der Waals surface area contributed by atoms with E-state index in [1.54, 1.807) is 12.0 Å². The van der Waals surface area contributed by atoms with Gasteiger partial charge in [-0.05, 0) is 17.7 Å². The lowest BCUT2D eigenvalue weighted by Gasteiger charge is -2.31. The van der Waals surface area contributed by atoms with Gasteiger partial charge in [-0.25, -0.2) is 8.78 Å². The molecule has 0 spiro atoms. The van der Waals surface area contributed by atoms with E-state index in [0.29, 0.717) is 6.54 Å². The lowest BCUT2D eigenvalue weighted by atomic mass is 10.1. The fourth-order valence-electron chi connectivity index (χ4n) is 2.28. The molecule has 1 amide bonds. The summed E-state index contributed by atoms with van der Waals surface area (Å²) in [5, 5.41) is 2.79. The van der Waals surface area contributed by atoms with E-state index >= 15 is 0 Å². The van der Waals surface area contributed by atoms with Gasteiger partial charge >= 0.3 is 0 Å². The first kappa shape index (κ1) is 15.7. The highest BCUT2D eigenvalue weighted by Crippen LogP contribution is 2.27. The van der Waals surface area contributed by atoms with E-state index < -0.39 is 5.92 Å². The van der Waals surface area contributed by atoms with E-state index in [0.717, 1.165) is 11.3 Å². The molecule has 0 atom stereocenters. The van der Waals surface area contributed by atoms with Gasteiger partial charge in [0.15, 0.2) is 0 Å². The van der Waals surface area contributed by atoms with Crippen LogP contribution in [-0.4, -0.2) is 43.5 Å². The molecule has 0 aliphatic carbocycles. The summed E-state index contributed by atoms with van der Waals surface area (Å²) in [6, 6.07) is 7.43. The summed E-state index contributed by atoms with van der Waals surface area (Å²) < 4.78 is 31.1. The Labute approximate surface area is 123 Å². The Bertz CT molecular complexity index is 484. The summed E-state index contributed by atoms with van der Waals surface area (Å²) in [5.74, 6) is -1.99. The Morgan fingerprint density at radius 3 is 2.76 bits per heavy atom. The maximum atomic E-state index is 13.0. The third-order valence-corrected chi connectivity index (χ3v) is 3.58. The number of hydrogen-bond donors (Lipinski definition) is 1. The van der Waals surface area contributed by atoms with E-state index in [1.807, 2.05) is 24.3 Å². The number of rotatable bonds is 5. The zero-order chi connectivity index (χ0) is 15.3. The number of benzene rings is 1. The van der Waals surface area contributed by atoms with Crippen molar-refractivity contribution >= 4 is 5.91 Å². The van der Waals surface area contributed by atoms with Crippen LogP contribution in [0.1, 0.15) is 18.4 Å². The Kier molecular flexibility index (Phi) is 5.12. The summed E-state index contributed by atoms with van der Waals surface area (Å²) in [5.41, 5.74) is 0.938. The van der Waals surface area contributed by atoms with Crippen LogP contribution < -0.4 is 10.1 Å². The molecule has 0 unspecified atom stereocenters. The number of ether oxygens (including phenoxy) is 1. The minimum Gasteiger partial charge on any atom is -0.497 e. The lowest BCUT2D eigenvalue weighted by molar-refractivity contribution is -0.124. The molecular weight excluding hydrogens is 278 g/mol. The minimum atomic E-state index is -2.58. The molecule has 116 valence electrons. The van der Waals surface area contributed by atoms with Crippen molar-refractivity contribution in [2.75, 3.05) is 26.7 Å². The van der Waals surface area contributed by atoms with Crippen molar-refractivity contribution in [1.82, 2.24) is 10.2 Å². The fourth-order valence-corrected chi connectivity index (χ4v) is 2.28. The molecule has 21 heavy (non-hydrogen) atoms. The van der Waals surface area contributed by atoms with E-state index in [2.05, 4.69) is 5.32 Å². The summed E-state index contributed by atoms with van der Waals surface area (Å²) in [4.78, 5) is 13.6. The molecule has 1 aromatic rings. The number of nitrogens with zero attached hydrogens (tertiary/aromatic N) is 1. The number of alkyl halides is 2. The summed E-state index contributed by atoms with van der Waals surface area (Å²) in [6.07, 6.45) is -0.341. The number of carbonyl (C=O) groups excluding carboxylic acids is 1. The molecule has 0 aromatic heterocycles. The maximum absolute atomic E-state index is 13.0. The maximum Gasteiger partial charge on any atom is 0.250 e. The Morgan fingerprint density at radius 1 is 1.38 bits per heavy atom. The second-order valence-electron chi connectivity index (χ2n) is 5.26. The Morgan fingerprint density at radius 2 is 2.10 bits per heavy atom. The number of methoxy groups -OCH3 is 1. The van der Waals surface area contributed by atoms with Gasteiger partial charge in [0.05, 0.1) is 13.7 Å². The molecule has 1 saturated heterocycles. The monoisotopic (exact) mass is 298 g/mol. The van der Waals surface area contributed by atoms with E-state index in [1.165, 1.54) is 0 Å². The first-order valence-corrected chi connectivity index (χ1v) is 6.98. The molecule has 1 aromatic carbocycles. The Balaban J connectivity index is 1.75. The number of carbonyl (C=O) groups is 1. The average molecular weight is 298 g/mol. The van der Waals surface area contributed by atoms with Crippen LogP contribution in [0.2, 0.25) is 0 Å². The first-order valence-electron chi connectivity index (χ1n) is 6.98. The van der Waals surface area contributed by atoms with Gasteiger partial charge < -0.3 is 10.1 Å². The summed E-state index contributed by atoms with van der Waals surface area (Å²) in [7, 11) is 1.59. The molecule has 2 rings (SSSR count). The lowest BCUT2D eigenvalue weighted by Crippen LogP contribution is -2.44. The molecule has 1 fully saturated rings. The van der Waals surface area contributed by atoms with Crippen LogP contribution in [0, 0.1) is 0 Å². The molecule has 1 N–H and O–H groups in total. The van der Waals surface area contributed by atoms with Crippen LogP contribution in [-0.2, 0) is 11.3 Å². The van der Waals surface area contributed by atoms with Gasteiger partial charge in [0.25, 0.3) is 5.92 Å². The zero-order valence-electron chi connectivity index (χ0n) is 12.1. The van der Waals surface area contributed by atoms with Gasteiger partial charge in [0, 0.05) is 32.5 Å². The molecule has 1 heterocycles. The van der Waals surface area contributed by atoms with Gasteiger partial charge in [-0.15, -0.1) is 0 Å². The fraction of sp³-hybridized carbons (Fsp3) is 0.533. The standard InChI is InChI=1S/C15H20F2N2O2/c1-21-13-4-2-3-12(9-13)10-18-14(20)11-19-7-5-15(16,17)6-8-19/h2-4,9H,5-8,10-11H2,1H3,(H,18,20). The Hall–Kier alpha value is -1.69. The van der Waals surface area contributed by atoms with E-state index in [4.69, 9.17) is 4.74 Å². The summed E-state index contributed by atoms with van der Waals surface area (Å²) >= 11 is 0. The zero-order valence-corrected chi connectivity index (χ0v) is 12.1. The van der Waals surface area contributed by atoms with Crippen LogP contribution in [0.15, 0.2) is 24.3 Å². The van der Waals surface area contributed by atoms with Crippen molar-refractivity contribution in [1.29, 1.82) is 0 Å². The first-order chi connectivity index (χ1) is 9.98. The van der Waals surface area contributed by atoms with Crippen molar-refractivity contribution in [2.24, 2.45) is 0 Å². The highest BCUT2D eigenvalue weighted by Gasteiger charge is 2.34. The predicted octanol–water partition coefficient (Wildman–Crippen LogP) is 2.04. The quantitative estimate of drug-likeness (QED) is 0.904. The SMILES string of the molecule is COc1cccc(CNC(=O)CN2CCC(F)(F)CC2)c1. The van der Waals surface area contributed by atoms with Crippen LogP contribution in [0.3, 0.4) is 0 Å². The summed E-state index contributed by atoms with van der Waals surface area (Å²) in [6.45, 7) is 1.10. The molecule has 1 aliphatic rings. The van der Waals surface area contributed by atoms with Crippen LogP contribution >= 0.6 is 0 Å².